The number of rotatable bonds is 2. The maximum atomic E-state index is 10.1. The van der Waals surface area contributed by atoms with Gasteiger partial charge in [0.15, 0.2) is 5.52 Å². The first-order valence-corrected chi connectivity index (χ1v) is 4.66. The van der Waals surface area contributed by atoms with Gasteiger partial charge in [-0.25, -0.2) is 0 Å². The molecular weight excluding hydrogens is 171 g/mol. The van der Waals surface area contributed by atoms with Gasteiger partial charge in [-0.15, -0.1) is 0 Å². The molecule has 0 spiro atoms. The molecule has 2 nitrogen and oxygen atoms in total. The summed E-state index contributed by atoms with van der Waals surface area (Å²) in [5, 5.41) is 0. The zero-order valence-corrected chi connectivity index (χ0v) is 9.70. The first-order valence-electron chi connectivity index (χ1n) is 4.08. The summed E-state index contributed by atoms with van der Waals surface area (Å²) in [4.78, 5) is 20.2. The van der Waals surface area contributed by atoms with Crippen LogP contribution in [0.4, 0.5) is 0 Å². The largest absolute Gasteiger partial charge is 0.300 e. The van der Waals surface area contributed by atoms with Crippen LogP contribution in [0.2, 0.25) is 0 Å². The molecule has 72 valence electrons. The second kappa shape index (κ2) is 7.42. The van der Waals surface area contributed by atoms with Crippen LogP contribution in [0.5, 0.6) is 0 Å². The van der Waals surface area contributed by atoms with Gasteiger partial charge in [0.25, 0.3) is 0 Å². The molecule has 0 saturated heterocycles. The Kier molecular flexibility index (Phi) is 8.84. The number of carbonyl (C=O) groups is 2. The molecule has 0 N–H and O–H groups in total. The minimum absolute atomic E-state index is 0.176. The lowest BCUT2D eigenvalue weighted by Gasteiger charge is -1.90. The quantitative estimate of drug-likeness (QED) is 0.626. The van der Waals surface area contributed by atoms with E-state index in [4.69, 9.17) is 0 Å². The van der Waals surface area contributed by atoms with Crippen LogP contribution >= 0.6 is 9.24 Å². The number of carbonyl (C=O) groups excluding carboxylic acids is 2. The molecule has 0 aliphatic carbocycles. The van der Waals surface area contributed by atoms with E-state index >= 15 is 0 Å². The number of hydrogen-bond acceptors (Lipinski definition) is 2. The lowest BCUT2D eigenvalue weighted by Crippen LogP contribution is -1.98. The normalized spacial score (nSPS) is 9.33. The molecule has 0 amide bonds. The van der Waals surface area contributed by atoms with E-state index < -0.39 is 0 Å². The smallest absolute Gasteiger partial charge is 0.150 e. The predicted octanol–water partition coefficient (Wildman–Crippen LogP) is 2.28. The van der Waals surface area contributed by atoms with Gasteiger partial charge in [-0.05, 0) is 6.92 Å². The molecule has 0 aromatic carbocycles. The Morgan fingerprint density at radius 3 is 1.17 bits per heavy atom. The van der Waals surface area contributed by atoms with Crippen LogP contribution in [0, 0.1) is 11.8 Å². The average molecular weight is 190 g/mol. The third-order valence-corrected chi connectivity index (χ3v) is 2.05. The van der Waals surface area contributed by atoms with Gasteiger partial charge in [0.1, 0.15) is 5.78 Å². The Balaban J connectivity index is 0. The number of ketones is 1. The van der Waals surface area contributed by atoms with E-state index in [2.05, 4.69) is 9.24 Å². The van der Waals surface area contributed by atoms with E-state index in [1.165, 1.54) is 0 Å². The van der Waals surface area contributed by atoms with Crippen molar-refractivity contribution < 1.29 is 9.59 Å². The zero-order valence-electron chi connectivity index (χ0n) is 8.55. The highest BCUT2D eigenvalue weighted by molar-refractivity contribution is 7.40. The fourth-order valence-electron chi connectivity index (χ4n) is 0. The van der Waals surface area contributed by atoms with Crippen molar-refractivity contribution in [2.75, 3.05) is 0 Å². The molecule has 0 bridgehead atoms. The molecule has 0 heterocycles. The summed E-state index contributed by atoms with van der Waals surface area (Å²) in [6, 6.07) is 0. The predicted molar refractivity (Wildman–Crippen MR) is 55.1 cm³/mol. The van der Waals surface area contributed by atoms with Gasteiger partial charge in [0, 0.05) is 11.8 Å². The Hall–Kier alpha value is -0.230. The van der Waals surface area contributed by atoms with Crippen molar-refractivity contribution in [2.24, 2.45) is 11.8 Å². The highest BCUT2D eigenvalue weighted by Gasteiger charge is 1.95. The van der Waals surface area contributed by atoms with Crippen molar-refractivity contribution >= 4 is 20.5 Å². The van der Waals surface area contributed by atoms with Crippen LogP contribution in [-0.4, -0.2) is 11.3 Å². The van der Waals surface area contributed by atoms with Crippen LogP contribution in [0.3, 0.4) is 0 Å². The Labute approximate surface area is 77.3 Å². The van der Waals surface area contributed by atoms with Crippen LogP contribution in [-0.2, 0) is 9.59 Å². The van der Waals surface area contributed by atoms with Crippen molar-refractivity contribution in [1.82, 2.24) is 0 Å². The maximum Gasteiger partial charge on any atom is 0.150 e. The molecule has 0 aromatic rings. The van der Waals surface area contributed by atoms with Gasteiger partial charge < -0.3 is 0 Å². The zero-order chi connectivity index (χ0) is 10.3. The van der Waals surface area contributed by atoms with Crippen LogP contribution < -0.4 is 0 Å². The SMILES string of the molecule is CC(=O)C(C)C.CC(C)C(=O)P. The molecule has 0 aliphatic rings. The molecule has 0 rings (SSSR count). The first kappa shape index (κ1) is 14.3. The fraction of sp³-hybridized carbons (Fsp3) is 0.778. The molecule has 0 radical (unpaired) electrons. The summed E-state index contributed by atoms with van der Waals surface area (Å²) in [5.41, 5.74) is 0.176. The molecule has 0 saturated carbocycles. The summed E-state index contributed by atoms with van der Waals surface area (Å²) in [6.45, 7) is 9.12. The number of hydrogen-bond donors (Lipinski definition) is 0. The molecule has 0 aliphatic heterocycles. The Bertz CT molecular complexity index is 133. The van der Waals surface area contributed by atoms with Gasteiger partial charge in [0.05, 0.1) is 0 Å². The summed E-state index contributed by atoms with van der Waals surface area (Å²) >= 11 is 0. The maximum absolute atomic E-state index is 10.1. The van der Waals surface area contributed by atoms with Crippen LogP contribution in [0.25, 0.3) is 0 Å². The molecular formula is C9H19O2P. The molecule has 1 unspecified atom stereocenters. The van der Waals surface area contributed by atoms with Crippen molar-refractivity contribution in [3.63, 3.8) is 0 Å². The monoisotopic (exact) mass is 190 g/mol. The van der Waals surface area contributed by atoms with E-state index in [-0.39, 0.29) is 23.1 Å². The minimum Gasteiger partial charge on any atom is -0.300 e. The third-order valence-electron chi connectivity index (χ3n) is 1.38. The van der Waals surface area contributed by atoms with E-state index in [1.807, 2.05) is 27.7 Å². The lowest BCUT2D eigenvalue weighted by molar-refractivity contribution is -0.119. The van der Waals surface area contributed by atoms with Crippen LogP contribution in [0.15, 0.2) is 0 Å². The molecule has 1 atom stereocenters. The summed E-state index contributed by atoms with van der Waals surface area (Å²) in [6.07, 6.45) is 0. The Morgan fingerprint density at radius 2 is 1.17 bits per heavy atom. The van der Waals surface area contributed by atoms with Crippen molar-refractivity contribution in [3.8, 4) is 0 Å². The molecule has 12 heavy (non-hydrogen) atoms. The van der Waals surface area contributed by atoms with Crippen LogP contribution in [0.1, 0.15) is 34.6 Å². The van der Waals surface area contributed by atoms with Gasteiger partial charge in [-0.1, -0.05) is 36.9 Å². The molecule has 0 fully saturated rings. The van der Waals surface area contributed by atoms with Gasteiger partial charge in [-0.3, -0.25) is 9.59 Å². The fourth-order valence-corrected chi connectivity index (χ4v) is 0. The van der Waals surface area contributed by atoms with Crippen molar-refractivity contribution in [3.05, 3.63) is 0 Å². The topological polar surface area (TPSA) is 34.1 Å². The van der Waals surface area contributed by atoms with Gasteiger partial charge in [0.2, 0.25) is 0 Å². The second-order valence-electron chi connectivity index (χ2n) is 3.32. The van der Waals surface area contributed by atoms with Crippen molar-refractivity contribution in [1.29, 1.82) is 0 Å². The number of Topliss-reactive ketones (excluding diaryl/α,β-unsaturated/α-hetero) is 1. The summed E-state index contributed by atoms with van der Waals surface area (Å²) in [5.74, 6) is 0.648. The average Bonchev–Trinajstić information content (AvgIpc) is 1.88. The minimum atomic E-state index is 0.176. The highest BCUT2D eigenvalue weighted by atomic mass is 31.0. The van der Waals surface area contributed by atoms with E-state index in [1.54, 1.807) is 6.92 Å². The van der Waals surface area contributed by atoms with Crippen molar-refractivity contribution in [2.45, 2.75) is 34.6 Å². The lowest BCUT2D eigenvalue weighted by atomic mass is 10.1. The summed E-state index contributed by atoms with van der Waals surface area (Å²) in [7, 11) is 2.13. The van der Waals surface area contributed by atoms with Gasteiger partial charge in [-0.2, -0.15) is 0 Å². The van der Waals surface area contributed by atoms with E-state index in [0.717, 1.165) is 0 Å². The highest BCUT2D eigenvalue weighted by Crippen LogP contribution is 1.98. The standard InChI is InChI=1S/C5H10O.C4H9OP/c1-4(2)5(3)6;1-3(2)4(5)6/h4H,1-3H3;3H,6H2,1-2H3. The second-order valence-corrected chi connectivity index (χ2v) is 3.89. The molecule has 0 aromatic heterocycles. The summed E-state index contributed by atoms with van der Waals surface area (Å²) < 4.78 is 0. The third kappa shape index (κ3) is 12.4. The first-order chi connectivity index (χ1) is 5.29. The van der Waals surface area contributed by atoms with Gasteiger partial charge >= 0.3 is 0 Å². The molecule has 3 heteroatoms. The van der Waals surface area contributed by atoms with E-state index in [9.17, 15) is 9.59 Å². The van der Waals surface area contributed by atoms with E-state index in [0.29, 0.717) is 0 Å². The Morgan fingerprint density at radius 1 is 1.00 bits per heavy atom.